The van der Waals surface area contributed by atoms with Gasteiger partial charge in [0.1, 0.15) is 5.69 Å². The average Bonchev–Trinajstić information content (AvgIpc) is 3.39. The van der Waals surface area contributed by atoms with Crippen LogP contribution < -0.4 is 20.5 Å². The summed E-state index contributed by atoms with van der Waals surface area (Å²) in [6.07, 6.45) is 6.81. The molecule has 0 unspecified atom stereocenters. The summed E-state index contributed by atoms with van der Waals surface area (Å²) in [5, 5.41) is 16.0. The Morgan fingerprint density at radius 3 is 2.50 bits per heavy atom. The third-order valence-corrected chi connectivity index (χ3v) is 7.89. The molecule has 0 saturated carbocycles. The predicted molar refractivity (Wildman–Crippen MR) is 112 cm³/mol. The zero-order valence-electron chi connectivity index (χ0n) is 16.8. The Bertz CT molecular complexity index is 1130. The number of hydrogen-bond donors (Lipinski definition) is 4. The SMILES string of the molecule is CS(N)(=O)(NC(=O)Nc1c2c(nc3c1CCC3)CCC2)c1cc2n(n1)CCNC2=O. The van der Waals surface area contributed by atoms with Gasteiger partial charge in [0.2, 0.25) is 0 Å². The molecular weight excluding hydrogens is 406 g/mol. The van der Waals surface area contributed by atoms with Gasteiger partial charge in [-0.05, 0) is 49.7 Å². The number of nitrogens with zero attached hydrogens (tertiary/aromatic N) is 3. The number of nitrogens with two attached hydrogens (primary N) is 1. The van der Waals surface area contributed by atoms with Gasteiger partial charge < -0.3 is 10.6 Å². The third-order valence-electron chi connectivity index (χ3n) is 5.95. The Labute approximate surface area is 173 Å². The van der Waals surface area contributed by atoms with Crippen LogP contribution in [0, 0.1) is 0 Å². The molecule has 0 bridgehead atoms. The lowest BCUT2D eigenvalue weighted by Gasteiger charge is -2.33. The van der Waals surface area contributed by atoms with E-state index in [1.54, 1.807) is 0 Å². The van der Waals surface area contributed by atoms with Crippen molar-refractivity contribution in [3.63, 3.8) is 0 Å². The lowest BCUT2D eigenvalue weighted by molar-refractivity contribution is 0.0924. The van der Waals surface area contributed by atoms with Crippen molar-refractivity contribution >= 4 is 27.1 Å². The highest BCUT2D eigenvalue weighted by molar-refractivity contribution is 8.16. The van der Waals surface area contributed by atoms with Crippen LogP contribution in [-0.2, 0) is 41.7 Å². The van der Waals surface area contributed by atoms with Gasteiger partial charge in [-0.25, -0.2) is 9.00 Å². The van der Waals surface area contributed by atoms with E-state index < -0.39 is 15.5 Å². The van der Waals surface area contributed by atoms with Crippen LogP contribution in [0.3, 0.4) is 0 Å². The van der Waals surface area contributed by atoms with E-state index in [0.717, 1.165) is 66.7 Å². The fourth-order valence-corrected chi connectivity index (χ4v) is 5.84. The standard InChI is InChI=1S/C19H25N7O3S/c1-30(20,29,16-10-15-18(27)21-8-9-26(15)24-16)25-19(28)23-17-11-4-2-6-13(11)22-14-7-3-5-12(14)17/h10H,2-9H2,1H3,(H,21,27)(H4,20,22,23,25,28,29). The number of hydrogen-bond acceptors (Lipinski definition) is 5. The molecule has 5 rings (SSSR count). The van der Waals surface area contributed by atoms with Gasteiger partial charge in [0.25, 0.3) is 5.91 Å². The molecule has 3 aliphatic rings. The summed E-state index contributed by atoms with van der Waals surface area (Å²) in [5.74, 6) is -0.310. The molecule has 0 saturated heterocycles. The maximum Gasteiger partial charge on any atom is 0.330 e. The van der Waals surface area contributed by atoms with Crippen molar-refractivity contribution < 1.29 is 13.8 Å². The van der Waals surface area contributed by atoms with Gasteiger partial charge in [0, 0.05) is 30.3 Å². The Hall–Kier alpha value is -2.79. The summed E-state index contributed by atoms with van der Waals surface area (Å²) >= 11 is 0. The molecule has 0 atom stereocenters. The van der Waals surface area contributed by atoms with Crippen LogP contribution in [0.15, 0.2) is 11.1 Å². The van der Waals surface area contributed by atoms with E-state index >= 15 is 0 Å². The van der Waals surface area contributed by atoms with Crippen LogP contribution in [-0.4, -0.2) is 43.7 Å². The largest absolute Gasteiger partial charge is 0.349 e. The summed E-state index contributed by atoms with van der Waals surface area (Å²) in [7, 11) is -4.33. The van der Waals surface area contributed by atoms with E-state index in [2.05, 4.69) is 20.5 Å². The van der Waals surface area contributed by atoms with Gasteiger partial charge in [-0.15, -0.1) is 0 Å². The third kappa shape index (κ3) is 3.08. The van der Waals surface area contributed by atoms with Crippen LogP contribution in [0.5, 0.6) is 0 Å². The van der Waals surface area contributed by atoms with Crippen molar-refractivity contribution in [1.82, 2.24) is 24.8 Å². The first-order valence-corrected chi connectivity index (χ1v) is 12.6. The Balaban J connectivity index is 1.44. The molecule has 1 aliphatic heterocycles. The lowest BCUT2D eigenvalue weighted by atomic mass is 10.1. The molecule has 5 N–H and O–H groups in total. The molecule has 0 fully saturated rings. The first-order chi connectivity index (χ1) is 14.2. The maximum absolute atomic E-state index is 13.6. The zero-order chi connectivity index (χ0) is 21.1. The molecule has 2 aromatic heterocycles. The van der Waals surface area contributed by atoms with Crippen molar-refractivity contribution in [2.75, 3.05) is 18.1 Å². The summed E-state index contributed by atoms with van der Waals surface area (Å²) in [6.45, 7) is 0.880. The summed E-state index contributed by atoms with van der Waals surface area (Å²) in [4.78, 5) is 29.7. The minimum atomic E-state index is -4.33. The number of amides is 3. The smallest absolute Gasteiger partial charge is 0.330 e. The van der Waals surface area contributed by atoms with Gasteiger partial charge in [0.05, 0.1) is 21.7 Å². The normalized spacial score (nSPS) is 18.6. The van der Waals surface area contributed by atoms with Gasteiger partial charge in [0.15, 0.2) is 5.03 Å². The van der Waals surface area contributed by atoms with Crippen molar-refractivity contribution in [3.05, 3.63) is 34.3 Å². The summed E-state index contributed by atoms with van der Waals surface area (Å²) in [6, 6.07) is 0.729. The Morgan fingerprint density at radius 2 is 1.87 bits per heavy atom. The van der Waals surface area contributed by atoms with Crippen molar-refractivity contribution in [2.45, 2.75) is 50.1 Å². The minimum absolute atomic E-state index is 0.0145. The highest BCUT2D eigenvalue weighted by Gasteiger charge is 2.36. The number of carbonyl (C=O) groups excluding carboxylic acids is 2. The molecule has 0 aromatic carbocycles. The fraction of sp³-hybridized carbons (Fsp3) is 0.474. The number of carbonyl (C=O) groups is 2. The average molecular weight is 432 g/mol. The second-order valence-corrected chi connectivity index (χ2v) is 11.8. The van der Waals surface area contributed by atoms with Gasteiger partial charge >= 0.3 is 6.03 Å². The number of nitrogens with one attached hydrogen (secondary N) is 3. The van der Waals surface area contributed by atoms with E-state index in [0.29, 0.717) is 13.1 Å². The van der Waals surface area contributed by atoms with E-state index in [1.165, 1.54) is 17.0 Å². The van der Waals surface area contributed by atoms with Crippen molar-refractivity contribution in [3.8, 4) is 0 Å². The number of aryl methyl sites for hydroxylation is 2. The number of pyridine rings is 1. The highest BCUT2D eigenvalue weighted by Crippen LogP contribution is 2.36. The zero-order valence-corrected chi connectivity index (χ0v) is 17.6. The monoisotopic (exact) mass is 431 g/mol. The number of anilines is 1. The second kappa shape index (κ2) is 6.35. The quantitative estimate of drug-likeness (QED) is 0.557. The van der Waals surface area contributed by atoms with Crippen LogP contribution in [0.4, 0.5) is 10.5 Å². The van der Waals surface area contributed by atoms with E-state index in [4.69, 9.17) is 10.1 Å². The summed E-state index contributed by atoms with van der Waals surface area (Å²) in [5.41, 5.74) is 5.28. The molecular formula is C19H25N7O3S. The number of rotatable bonds is 3. The molecule has 2 aromatic rings. The molecule has 3 heterocycles. The molecule has 3 amide bonds. The van der Waals surface area contributed by atoms with Crippen LogP contribution >= 0.6 is 0 Å². The van der Waals surface area contributed by atoms with Gasteiger partial charge in [-0.3, -0.25) is 24.3 Å². The second-order valence-electron chi connectivity index (χ2n) is 8.36. The molecule has 160 valence electrons. The highest BCUT2D eigenvalue weighted by atomic mass is 32.3. The Kier molecular flexibility index (Phi) is 4.06. The summed E-state index contributed by atoms with van der Waals surface area (Å²) < 4.78 is 17.5. The van der Waals surface area contributed by atoms with E-state index in [1.807, 2.05) is 0 Å². The number of aromatic nitrogens is 3. The lowest BCUT2D eigenvalue weighted by Crippen LogP contribution is -2.58. The predicted octanol–water partition coefficient (Wildman–Crippen LogP) is 0.418. The maximum atomic E-state index is 13.6. The number of urea groups is 1. The first kappa shape index (κ1) is 19.2. The van der Waals surface area contributed by atoms with Crippen LogP contribution in [0.25, 0.3) is 0 Å². The first-order valence-electron chi connectivity index (χ1n) is 10.1. The van der Waals surface area contributed by atoms with Crippen LogP contribution in [0.1, 0.15) is 45.8 Å². The van der Waals surface area contributed by atoms with Crippen molar-refractivity contribution in [2.24, 2.45) is 5.14 Å². The van der Waals surface area contributed by atoms with Gasteiger partial charge in [-0.1, -0.05) is 0 Å². The molecule has 0 radical (unpaired) electrons. The molecule has 30 heavy (non-hydrogen) atoms. The van der Waals surface area contributed by atoms with E-state index in [-0.39, 0.29) is 16.6 Å². The molecule has 0 spiro atoms. The molecule has 2 aliphatic carbocycles. The topological polar surface area (TPSA) is 144 Å². The van der Waals surface area contributed by atoms with E-state index in [9.17, 15) is 13.8 Å². The Morgan fingerprint density at radius 1 is 1.20 bits per heavy atom. The fourth-order valence-electron chi connectivity index (χ4n) is 4.52. The molecule has 11 heteroatoms. The van der Waals surface area contributed by atoms with Crippen LogP contribution in [0.2, 0.25) is 0 Å². The molecule has 10 nitrogen and oxygen atoms in total. The minimum Gasteiger partial charge on any atom is -0.349 e. The van der Waals surface area contributed by atoms with Crippen molar-refractivity contribution in [1.29, 1.82) is 0 Å². The number of fused-ring (bicyclic) bond motifs is 3. The van der Waals surface area contributed by atoms with Gasteiger partial charge in [-0.2, -0.15) is 5.10 Å².